The van der Waals surface area contributed by atoms with Crippen LogP contribution in [0.3, 0.4) is 0 Å². The van der Waals surface area contributed by atoms with Crippen LogP contribution in [-0.2, 0) is 29.3 Å². The fourth-order valence-electron chi connectivity index (χ4n) is 1.97. The Labute approximate surface area is 155 Å². The van der Waals surface area contributed by atoms with E-state index in [-0.39, 0.29) is 21.0 Å². The Morgan fingerprint density at radius 2 is 2.04 bits per heavy atom. The van der Waals surface area contributed by atoms with Gasteiger partial charge < -0.3 is 10.2 Å². The molecule has 3 amide bonds. The summed E-state index contributed by atoms with van der Waals surface area (Å²) in [6, 6.07) is 5.53. The highest BCUT2D eigenvalue weighted by molar-refractivity contribution is 14.1. The Bertz CT molecular complexity index is 853. The highest BCUT2D eigenvalue weighted by Crippen LogP contribution is 2.21. The molecule has 25 heavy (non-hydrogen) atoms. The van der Waals surface area contributed by atoms with Gasteiger partial charge in [0.2, 0.25) is 5.91 Å². The first-order valence-corrected chi connectivity index (χ1v) is 9.67. The SMILES string of the molecule is O=C(CI)Nc1cccc(C(=O)ON2C(=O)CC(S(=O)(=O)O)C2=O)c1. The number of benzene rings is 1. The van der Waals surface area contributed by atoms with Gasteiger partial charge in [0.15, 0.2) is 5.25 Å². The van der Waals surface area contributed by atoms with E-state index in [0.29, 0.717) is 5.69 Å². The molecule has 1 unspecified atom stereocenters. The Kier molecular flexibility index (Phi) is 5.74. The van der Waals surface area contributed by atoms with Crippen molar-refractivity contribution < 1.29 is 37.0 Å². The van der Waals surface area contributed by atoms with Crippen LogP contribution in [-0.4, -0.2) is 51.4 Å². The number of anilines is 1. The summed E-state index contributed by atoms with van der Waals surface area (Å²) < 4.78 is 31.2. The Morgan fingerprint density at radius 1 is 1.36 bits per heavy atom. The fraction of sp³-hybridized carbons (Fsp3) is 0.231. The molecular formula is C13H11IN2O8S. The van der Waals surface area contributed by atoms with Gasteiger partial charge in [-0.2, -0.15) is 8.42 Å². The van der Waals surface area contributed by atoms with E-state index < -0.39 is 39.6 Å². The molecule has 1 atom stereocenters. The van der Waals surface area contributed by atoms with E-state index in [1.807, 2.05) is 22.6 Å². The number of hydrogen-bond acceptors (Lipinski definition) is 7. The second kappa shape index (κ2) is 7.45. The number of alkyl halides is 1. The predicted octanol–water partition coefficient (Wildman–Crippen LogP) is 0.147. The second-order valence-electron chi connectivity index (χ2n) is 4.88. The maximum Gasteiger partial charge on any atom is 0.363 e. The molecule has 2 N–H and O–H groups in total. The molecule has 0 radical (unpaired) electrons. The molecular weight excluding hydrogens is 471 g/mol. The van der Waals surface area contributed by atoms with Gasteiger partial charge in [-0.25, -0.2) is 4.79 Å². The normalized spacial score (nSPS) is 17.5. The minimum absolute atomic E-state index is 0.0108. The van der Waals surface area contributed by atoms with Crippen molar-refractivity contribution in [3.63, 3.8) is 0 Å². The highest BCUT2D eigenvalue weighted by Gasteiger charge is 2.48. The first-order valence-electron chi connectivity index (χ1n) is 6.64. The molecule has 1 aliphatic rings. The molecule has 1 aliphatic heterocycles. The smallest absolute Gasteiger partial charge is 0.325 e. The molecule has 0 aliphatic carbocycles. The van der Waals surface area contributed by atoms with Crippen molar-refractivity contribution in [2.24, 2.45) is 0 Å². The molecule has 0 aromatic heterocycles. The van der Waals surface area contributed by atoms with Gasteiger partial charge in [-0.05, 0) is 18.2 Å². The number of carbonyl (C=O) groups excluding carboxylic acids is 4. The van der Waals surface area contributed by atoms with Crippen molar-refractivity contribution in [2.75, 3.05) is 9.74 Å². The standard InChI is InChI=1S/C13H11IN2O8S/c14-6-10(17)15-8-3-1-2-7(4-8)13(20)24-16-11(18)5-9(12(16)19)25(21,22)23/h1-4,9H,5-6H2,(H,15,17)(H,21,22,23). The topological polar surface area (TPSA) is 147 Å². The summed E-state index contributed by atoms with van der Waals surface area (Å²) in [5.41, 5.74) is 0.216. The largest absolute Gasteiger partial charge is 0.363 e. The van der Waals surface area contributed by atoms with Crippen LogP contribution in [0.2, 0.25) is 0 Å². The van der Waals surface area contributed by atoms with Crippen molar-refractivity contribution in [3.05, 3.63) is 29.8 Å². The third-order valence-electron chi connectivity index (χ3n) is 3.10. The van der Waals surface area contributed by atoms with Crippen LogP contribution in [0.25, 0.3) is 0 Å². The Morgan fingerprint density at radius 3 is 2.60 bits per heavy atom. The molecule has 12 heteroatoms. The predicted molar refractivity (Wildman–Crippen MR) is 91.2 cm³/mol. The van der Waals surface area contributed by atoms with Crippen LogP contribution >= 0.6 is 22.6 Å². The van der Waals surface area contributed by atoms with E-state index in [1.165, 1.54) is 24.3 Å². The lowest BCUT2D eigenvalue weighted by Gasteiger charge is -2.13. The average Bonchev–Trinajstić information content (AvgIpc) is 2.83. The van der Waals surface area contributed by atoms with Crippen molar-refractivity contribution in [1.29, 1.82) is 0 Å². The fourth-order valence-corrected chi connectivity index (χ4v) is 2.86. The van der Waals surface area contributed by atoms with E-state index >= 15 is 0 Å². The summed E-state index contributed by atoms with van der Waals surface area (Å²) in [7, 11) is -4.79. The number of nitrogens with zero attached hydrogens (tertiary/aromatic N) is 1. The molecule has 0 bridgehead atoms. The molecule has 134 valence electrons. The number of nitrogens with one attached hydrogen (secondary N) is 1. The molecule has 0 spiro atoms. The minimum atomic E-state index is -4.79. The number of halogens is 1. The van der Waals surface area contributed by atoms with Crippen molar-refractivity contribution in [3.8, 4) is 0 Å². The second-order valence-corrected chi connectivity index (χ2v) is 7.24. The third kappa shape index (κ3) is 4.52. The monoisotopic (exact) mass is 482 g/mol. The molecule has 1 aromatic carbocycles. The van der Waals surface area contributed by atoms with Gasteiger partial charge in [0.1, 0.15) is 0 Å². The lowest BCUT2D eigenvalue weighted by atomic mass is 10.2. The number of rotatable bonds is 5. The minimum Gasteiger partial charge on any atom is -0.325 e. The zero-order valence-corrected chi connectivity index (χ0v) is 15.3. The van der Waals surface area contributed by atoms with Crippen LogP contribution in [0.15, 0.2) is 24.3 Å². The summed E-state index contributed by atoms with van der Waals surface area (Å²) in [6.07, 6.45) is -0.823. The van der Waals surface area contributed by atoms with Gasteiger partial charge in [0, 0.05) is 5.69 Å². The van der Waals surface area contributed by atoms with Gasteiger partial charge in [-0.1, -0.05) is 28.7 Å². The molecule has 1 fully saturated rings. The number of imide groups is 1. The van der Waals surface area contributed by atoms with Gasteiger partial charge in [0.05, 0.1) is 16.4 Å². The third-order valence-corrected chi connectivity index (χ3v) is 4.88. The molecule has 2 rings (SSSR count). The number of hydrogen-bond donors (Lipinski definition) is 2. The lowest BCUT2D eigenvalue weighted by molar-refractivity contribution is -0.172. The first-order chi connectivity index (χ1) is 11.6. The molecule has 1 heterocycles. The van der Waals surface area contributed by atoms with Crippen LogP contribution in [0.5, 0.6) is 0 Å². The zero-order chi connectivity index (χ0) is 18.8. The van der Waals surface area contributed by atoms with Crippen LogP contribution in [0, 0.1) is 0 Å². The quantitative estimate of drug-likeness (QED) is 0.261. The van der Waals surface area contributed by atoms with Crippen LogP contribution in [0.1, 0.15) is 16.8 Å². The zero-order valence-electron chi connectivity index (χ0n) is 12.3. The van der Waals surface area contributed by atoms with Crippen LogP contribution < -0.4 is 5.32 Å². The lowest BCUT2D eigenvalue weighted by Crippen LogP contribution is -2.36. The number of carbonyl (C=O) groups is 4. The maximum absolute atomic E-state index is 12.1. The average molecular weight is 482 g/mol. The first kappa shape index (κ1) is 19.3. The van der Waals surface area contributed by atoms with Crippen LogP contribution in [0.4, 0.5) is 5.69 Å². The molecule has 1 saturated heterocycles. The molecule has 0 saturated carbocycles. The van der Waals surface area contributed by atoms with Gasteiger partial charge in [0.25, 0.3) is 21.9 Å². The number of hydroxylamine groups is 2. The van der Waals surface area contributed by atoms with E-state index in [9.17, 15) is 27.6 Å². The van der Waals surface area contributed by atoms with Gasteiger partial charge in [-0.15, -0.1) is 5.06 Å². The Balaban J connectivity index is 2.15. The summed E-state index contributed by atoms with van der Waals surface area (Å²) in [4.78, 5) is 51.5. The van der Waals surface area contributed by atoms with Gasteiger partial charge in [-0.3, -0.25) is 18.9 Å². The summed E-state index contributed by atoms with van der Waals surface area (Å²) >= 11 is 1.85. The Hall–Kier alpha value is -2.06. The van der Waals surface area contributed by atoms with E-state index in [4.69, 9.17) is 4.55 Å². The summed E-state index contributed by atoms with van der Waals surface area (Å²) in [5, 5.41) is 0.524. The molecule has 1 aromatic rings. The van der Waals surface area contributed by atoms with E-state index in [1.54, 1.807) is 0 Å². The van der Waals surface area contributed by atoms with Crippen molar-refractivity contribution in [2.45, 2.75) is 11.7 Å². The maximum atomic E-state index is 12.1. The van der Waals surface area contributed by atoms with E-state index in [2.05, 4.69) is 10.2 Å². The summed E-state index contributed by atoms with van der Waals surface area (Å²) in [6.45, 7) is 0. The van der Waals surface area contributed by atoms with Crippen molar-refractivity contribution >= 4 is 62.1 Å². The molecule has 10 nitrogen and oxygen atoms in total. The van der Waals surface area contributed by atoms with E-state index in [0.717, 1.165) is 0 Å². The van der Waals surface area contributed by atoms with Gasteiger partial charge >= 0.3 is 5.97 Å². The van der Waals surface area contributed by atoms with Crippen molar-refractivity contribution in [1.82, 2.24) is 5.06 Å². The highest BCUT2D eigenvalue weighted by atomic mass is 127. The number of amides is 3. The summed E-state index contributed by atoms with van der Waals surface area (Å²) in [5.74, 6) is -3.83.